The van der Waals surface area contributed by atoms with Gasteiger partial charge in [0.05, 0.1) is 4.92 Å². The number of nitro groups is 1. The molecule has 3 amide bonds. The van der Waals surface area contributed by atoms with E-state index in [1.54, 1.807) is 12.1 Å². The van der Waals surface area contributed by atoms with Crippen LogP contribution in [0.5, 0.6) is 5.75 Å². The van der Waals surface area contributed by atoms with E-state index in [1.165, 1.54) is 25.1 Å². The Bertz CT molecular complexity index is 955. The Kier molecular flexibility index (Phi) is 7.45. The summed E-state index contributed by atoms with van der Waals surface area (Å²) in [6, 6.07) is 9.64. The fourth-order valence-electron chi connectivity index (χ4n) is 2.55. The van der Waals surface area contributed by atoms with Gasteiger partial charge in [0.25, 0.3) is 23.4 Å². The van der Waals surface area contributed by atoms with E-state index in [0.29, 0.717) is 5.75 Å². The van der Waals surface area contributed by atoms with Gasteiger partial charge in [-0.05, 0) is 50.1 Å². The lowest BCUT2D eigenvalue weighted by Gasteiger charge is -2.15. The van der Waals surface area contributed by atoms with Crippen LogP contribution in [0.3, 0.4) is 0 Å². The number of carbonyl (C=O) groups excluding carboxylic acids is 3. The summed E-state index contributed by atoms with van der Waals surface area (Å²) in [6.07, 6.45) is 0. The molecule has 0 heterocycles. The molecule has 0 bridgehead atoms. The lowest BCUT2D eigenvalue weighted by atomic mass is 10.1. The number of carbonyl (C=O) groups is 3. The summed E-state index contributed by atoms with van der Waals surface area (Å²) in [5, 5.41) is 13.2. The van der Waals surface area contributed by atoms with Gasteiger partial charge in [-0.15, -0.1) is 0 Å². The van der Waals surface area contributed by atoms with Crippen molar-refractivity contribution in [1.82, 2.24) is 16.2 Å². The van der Waals surface area contributed by atoms with Crippen LogP contribution >= 0.6 is 0 Å². The maximum Gasteiger partial charge on any atom is 0.276 e. The van der Waals surface area contributed by atoms with Crippen molar-refractivity contribution in [3.05, 3.63) is 69.3 Å². The number of non-ortho nitro benzene ring substituents is 1. The molecule has 0 unspecified atom stereocenters. The number of hydrogen-bond donors (Lipinski definition) is 3. The minimum absolute atomic E-state index is 0.0368. The van der Waals surface area contributed by atoms with Crippen LogP contribution in [-0.4, -0.2) is 35.3 Å². The molecule has 1 atom stereocenters. The van der Waals surface area contributed by atoms with E-state index in [0.717, 1.165) is 17.2 Å². The standard InChI is InChI=1S/C20H22N4O6/c1-12-7-13(2)9-17(8-12)30-11-18(25)22-23-19(26)14(3)21-20(27)15-5-4-6-16(10-15)24(28)29/h4-10,14H,11H2,1-3H3,(H,21,27)(H,22,25)(H,23,26)/t14-/m0/s1. The lowest BCUT2D eigenvalue weighted by Crippen LogP contribution is -2.51. The van der Waals surface area contributed by atoms with Crippen molar-refractivity contribution in [1.29, 1.82) is 0 Å². The summed E-state index contributed by atoms with van der Waals surface area (Å²) in [5.41, 5.74) is 6.16. The molecular formula is C20H22N4O6. The summed E-state index contributed by atoms with van der Waals surface area (Å²) >= 11 is 0. The first-order valence-electron chi connectivity index (χ1n) is 9.01. The van der Waals surface area contributed by atoms with Gasteiger partial charge in [0, 0.05) is 17.7 Å². The highest BCUT2D eigenvalue weighted by Gasteiger charge is 2.18. The quantitative estimate of drug-likeness (QED) is 0.464. The molecular weight excluding hydrogens is 392 g/mol. The van der Waals surface area contributed by atoms with Gasteiger partial charge in [0.15, 0.2) is 6.61 Å². The van der Waals surface area contributed by atoms with Gasteiger partial charge >= 0.3 is 0 Å². The Hall–Kier alpha value is -3.95. The van der Waals surface area contributed by atoms with Crippen LogP contribution < -0.4 is 20.9 Å². The highest BCUT2D eigenvalue weighted by Crippen LogP contribution is 2.16. The number of benzene rings is 2. The van der Waals surface area contributed by atoms with Crippen molar-refractivity contribution in [3.63, 3.8) is 0 Å². The Morgan fingerprint density at radius 3 is 2.37 bits per heavy atom. The van der Waals surface area contributed by atoms with Crippen LogP contribution in [0, 0.1) is 24.0 Å². The number of nitrogens with one attached hydrogen (secondary N) is 3. The zero-order chi connectivity index (χ0) is 22.3. The second kappa shape index (κ2) is 10.0. The second-order valence-corrected chi connectivity index (χ2v) is 6.65. The van der Waals surface area contributed by atoms with Crippen molar-refractivity contribution in [3.8, 4) is 5.75 Å². The van der Waals surface area contributed by atoms with E-state index in [1.807, 2.05) is 19.9 Å². The van der Waals surface area contributed by atoms with E-state index in [9.17, 15) is 24.5 Å². The van der Waals surface area contributed by atoms with Gasteiger partial charge < -0.3 is 10.1 Å². The zero-order valence-corrected chi connectivity index (χ0v) is 16.7. The molecule has 0 saturated heterocycles. The largest absolute Gasteiger partial charge is 0.484 e. The van der Waals surface area contributed by atoms with Gasteiger partial charge in [-0.2, -0.15) is 0 Å². The third kappa shape index (κ3) is 6.59. The predicted molar refractivity (Wildman–Crippen MR) is 108 cm³/mol. The molecule has 0 aliphatic carbocycles. The maximum atomic E-state index is 12.2. The predicted octanol–water partition coefficient (Wildman–Crippen LogP) is 1.56. The molecule has 158 valence electrons. The summed E-state index contributed by atoms with van der Waals surface area (Å²) in [6.45, 7) is 4.91. The number of hydrazine groups is 1. The maximum absolute atomic E-state index is 12.2. The molecule has 10 heteroatoms. The van der Waals surface area contributed by atoms with Crippen molar-refractivity contribution < 1.29 is 24.0 Å². The number of amides is 3. The molecule has 0 aliphatic heterocycles. The number of rotatable bonds is 7. The van der Waals surface area contributed by atoms with Crippen molar-refractivity contribution in [2.75, 3.05) is 6.61 Å². The molecule has 0 spiro atoms. The van der Waals surface area contributed by atoms with Gasteiger partial charge in [-0.3, -0.25) is 35.3 Å². The summed E-state index contributed by atoms with van der Waals surface area (Å²) in [7, 11) is 0. The monoisotopic (exact) mass is 414 g/mol. The summed E-state index contributed by atoms with van der Waals surface area (Å²) in [4.78, 5) is 46.3. The third-order valence-corrected chi connectivity index (χ3v) is 3.95. The van der Waals surface area contributed by atoms with Crippen LogP contribution in [-0.2, 0) is 9.59 Å². The molecule has 3 N–H and O–H groups in total. The smallest absolute Gasteiger partial charge is 0.276 e. The number of hydrogen-bond acceptors (Lipinski definition) is 6. The topological polar surface area (TPSA) is 140 Å². The van der Waals surface area contributed by atoms with Gasteiger partial charge in [-0.1, -0.05) is 12.1 Å². The van der Waals surface area contributed by atoms with Gasteiger partial charge in [-0.25, -0.2) is 0 Å². The van der Waals surface area contributed by atoms with E-state index in [2.05, 4.69) is 16.2 Å². The van der Waals surface area contributed by atoms with E-state index in [4.69, 9.17) is 4.74 Å². The highest BCUT2D eigenvalue weighted by molar-refractivity contribution is 5.98. The molecule has 10 nitrogen and oxygen atoms in total. The zero-order valence-electron chi connectivity index (χ0n) is 16.7. The molecule has 0 aromatic heterocycles. The van der Waals surface area contributed by atoms with Gasteiger partial charge in [0.1, 0.15) is 11.8 Å². The highest BCUT2D eigenvalue weighted by atomic mass is 16.6. The van der Waals surface area contributed by atoms with Crippen LogP contribution in [0.15, 0.2) is 42.5 Å². The summed E-state index contributed by atoms with van der Waals surface area (Å²) in [5.74, 6) is -1.38. The number of nitrogens with zero attached hydrogens (tertiary/aromatic N) is 1. The van der Waals surface area contributed by atoms with Crippen LogP contribution in [0.25, 0.3) is 0 Å². The minimum atomic E-state index is -1.00. The fraction of sp³-hybridized carbons (Fsp3) is 0.250. The first-order valence-corrected chi connectivity index (χ1v) is 9.01. The second-order valence-electron chi connectivity index (χ2n) is 6.65. The number of nitro benzene ring substituents is 1. The molecule has 0 aliphatic rings. The molecule has 0 saturated carbocycles. The first kappa shape index (κ1) is 22.3. The number of aryl methyl sites for hydroxylation is 2. The normalized spacial score (nSPS) is 11.2. The van der Waals surface area contributed by atoms with Gasteiger partial charge in [0.2, 0.25) is 0 Å². The molecule has 2 rings (SSSR count). The molecule has 2 aromatic carbocycles. The van der Waals surface area contributed by atoms with E-state index < -0.39 is 28.7 Å². The number of ether oxygens (including phenoxy) is 1. The average Bonchev–Trinajstić information content (AvgIpc) is 2.69. The molecule has 0 fully saturated rings. The van der Waals surface area contributed by atoms with Crippen LogP contribution in [0.1, 0.15) is 28.4 Å². The Labute approximate surface area is 172 Å². The fourth-order valence-corrected chi connectivity index (χ4v) is 2.55. The van der Waals surface area contributed by atoms with E-state index in [-0.39, 0.29) is 17.9 Å². The Morgan fingerprint density at radius 2 is 1.73 bits per heavy atom. The van der Waals surface area contributed by atoms with Crippen molar-refractivity contribution in [2.24, 2.45) is 0 Å². The Balaban J connectivity index is 1.80. The Morgan fingerprint density at radius 1 is 1.07 bits per heavy atom. The lowest BCUT2D eigenvalue weighted by molar-refractivity contribution is -0.384. The SMILES string of the molecule is Cc1cc(C)cc(OCC(=O)NNC(=O)[C@H](C)NC(=O)c2cccc([N+](=O)[O-])c2)c1. The molecule has 2 aromatic rings. The van der Waals surface area contributed by atoms with Crippen LogP contribution in [0.4, 0.5) is 5.69 Å². The third-order valence-electron chi connectivity index (χ3n) is 3.95. The van der Waals surface area contributed by atoms with E-state index >= 15 is 0 Å². The van der Waals surface area contributed by atoms with Crippen molar-refractivity contribution in [2.45, 2.75) is 26.8 Å². The average molecular weight is 414 g/mol. The minimum Gasteiger partial charge on any atom is -0.484 e. The summed E-state index contributed by atoms with van der Waals surface area (Å²) < 4.78 is 5.39. The van der Waals surface area contributed by atoms with Crippen molar-refractivity contribution >= 4 is 23.4 Å². The first-order chi connectivity index (χ1) is 14.2. The molecule has 30 heavy (non-hydrogen) atoms. The van der Waals surface area contributed by atoms with Crippen LogP contribution in [0.2, 0.25) is 0 Å². The molecule has 0 radical (unpaired) electrons.